The van der Waals surface area contributed by atoms with E-state index < -0.39 is 0 Å². The molecule has 3 nitrogen and oxygen atoms in total. The van der Waals surface area contributed by atoms with E-state index in [9.17, 15) is 9.59 Å². The highest BCUT2D eigenvalue weighted by Gasteiger charge is 2.25. The number of thioether (sulfide) groups is 1. The lowest BCUT2D eigenvalue weighted by Crippen LogP contribution is -2.40. The molecule has 5 heteroatoms. The molecule has 1 atom stereocenters. The van der Waals surface area contributed by atoms with Gasteiger partial charge in [0.25, 0.3) is 5.91 Å². The van der Waals surface area contributed by atoms with Gasteiger partial charge in [-0.25, -0.2) is 0 Å². The number of rotatable bonds is 4. The molecule has 1 aliphatic rings. The number of piperidine rings is 1. The molecule has 104 valence electrons. The van der Waals surface area contributed by atoms with Gasteiger partial charge in [0.1, 0.15) is 0 Å². The third-order valence-electron chi connectivity index (χ3n) is 3.40. The average Bonchev–Trinajstić information content (AvgIpc) is 2.88. The van der Waals surface area contributed by atoms with Crippen molar-refractivity contribution in [2.45, 2.75) is 19.8 Å². The first-order chi connectivity index (χ1) is 9.11. The largest absolute Gasteiger partial charge is 0.338 e. The van der Waals surface area contributed by atoms with Gasteiger partial charge in [0.05, 0.1) is 10.4 Å². The molecule has 2 heterocycles. The average molecular weight is 297 g/mol. The van der Waals surface area contributed by atoms with E-state index in [4.69, 9.17) is 0 Å². The zero-order valence-corrected chi connectivity index (χ0v) is 13.0. The van der Waals surface area contributed by atoms with Crippen molar-refractivity contribution in [1.82, 2.24) is 4.90 Å². The normalized spacial score (nSPS) is 19.5. The monoisotopic (exact) mass is 297 g/mol. The van der Waals surface area contributed by atoms with Crippen LogP contribution in [0.15, 0.2) is 11.4 Å². The van der Waals surface area contributed by atoms with Crippen LogP contribution in [0.2, 0.25) is 0 Å². The van der Waals surface area contributed by atoms with Gasteiger partial charge in [0.15, 0.2) is 5.78 Å². The van der Waals surface area contributed by atoms with Crippen LogP contribution >= 0.6 is 23.1 Å². The van der Waals surface area contributed by atoms with E-state index in [0.29, 0.717) is 16.4 Å². The third-order valence-corrected chi connectivity index (χ3v) is 5.24. The standard InChI is InChI=1S/C14H19NO2S2/c1-10(16)13-6-12(9-19-13)14(17)15-5-3-4-11(7-15)8-18-2/h6,9,11H,3-5,7-8H2,1-2H3. The first kappa shape index (κ1) is 14.6. The van der Waals surface area contributed by atoms with Crippen molar-refractivity contribution in [3.05, 3.63) is 21.9 Å². The topological polar surface area (TPSA) is 37.4 Å². The molecule has 0 N–H and O–H groups in total. The Morgan fingerprint density at radius 2 is 2.32 bits per heavy atom. The lowest BCUT2D eigenvalue weighted by molar-refractivity contribution is 0.0686. The van der Waals surface area contributed by atoms with Crippen LogP contribution in [0.4, 0.5) is 0 Å². The summed E-state index contributed by atoms with van der Waals surface area (Å²) in [6, 6.07) is 1.73. The predicted octanol–water partition coefficient (Wildman–Crippen LogP) is 3.17. The van der Waals surface area contributed by atoms with E-state index in [1.165, 1.54) is 24.7 Å². The molecule has 0 spiro atoms. The first-order valence-electron chi connectivity index (χ1n) is 6.49. The van der Waals surface area contributed by atoms with Crippen LogP contribution in [-0.2, 0) is 0 Å². The van der Waals surface area contributed by atoms with Gasteiger partial charge in [-0.3, -0.25) is 9.59 Å². The Hall–Kier alpha value is -0.810. The van der Waals surface area contributed by atoms with Crippen LogP contribution in [0.3, 0.4) is 0 Å². The van der Waals surface area contributed by atoms with Crippen LogP contribution < -0.4 is 0 Å². The molecule has 0 bridgehead atoms. The second-order valence-electron chi connectivity index (χ2n) is 4.97. The molecule has 1 fully saturated rings. The zero-order chi connectivity index (χ0) is 13.8. The van der Waals surface area contributed by atoms with Gasteiger partial charge in [0.2, 0.25) is 0 Å². The van der Waals surface area contributed by atoms with Gasteiger partial charge in [-0.15, -0.1) is 11.3 Å². The maximum Gasteiger partial charge on any atom is 0.254 e. The number of nitrogens with zero attached hydrogens (tertiary/aromatic N) is 1. The van der Waals surface area contributed by atoms with Gasteiger partial charge in [-0.1, -0.05) is 0 Å². The van der Waals surface area contributed by atoms with Gasteiger partial charge >= 0.3 is 0 Å². The number of carbonyl (C=O) groups excluding carboxylic acids is 2. The molecule has 19 heavy (non-hydrogen) atoms. The molecule has 1 aromatic heterocycles. The van der Waals surface area contributed by atoms with Crippen molar-refractivity contribution in [2.24, 2.45) is 5.92 Å². The summed E-state index contributed by atoms with van der Waals surface area (Å²) in [5.41, 5.74) is 0.667. The summed E-state index contributed by atoms with van der Waals surface area (Å²) < 4.78 is 0. The highest BCUT2D eigenvalue weighted by Crippen LogP contribution is 2.23. The van der Waals surface area contributed by atoms with Crippen molar-refractivity contribution >= 4 is 34.8 Å². The fourth-order valence-electron chi connectivity index (χ4n) is 2.44. The molecule has 1 aliphatic heterocycles. The highest BCUT2D eigenvalue weighted by molar-refractivity contribution is 7.98. The summed E-state index contributed by atoms with van der Waals surface area (Å²) in [5, 5.41) is 1.80. The molecular weight excluding hydrogens is 278 g/mol. The molecule has 0 aliphatic carbocycles. The Balaban J connectivity index is 2.03. The predicted molar refractivity (Wildman–Crippen MR) is 81.3 cm³/mol. The van der Waals surface area contributed by atoms with Crippen molar-refractivity contribution in [3.8, 4) is 0 Å². The van der Waals surface area contributed by atoms with Gasteiger partial charge in [-0.2, -0.15) is 11.8 Å². The van der Waals surface area contributed by atoms with E-state index in [-0.39, 0.29) is 11.7 Å². The van der Waals surface area contributed by atoms with Crippen LogP contribution in [0.25, 0.3) is 0 Å². The quantitative estimate of drug-likeness (QED) is 0.801. The van der Waals surface area contributed by atoms with E-state index in [1.54, 1.807) is 11.4 Å². The Bertz CT molecular complexity index is 468. The van der Waals surface area contributed by atoms with E-state index in [2.05, 4.69) is 6.26 Å². The maximum absolute atomic E-state index is 12.4. The molecule has 2 rings (SSSR count). The third kappa shape index (κ3) is 3.60. The van der Waals surface area contributed by atoms with Gasteiger partial charge in [0, 0.05) is 18.5 Å². The fraction of sp³-hybridized carbons (Fsp3) is 0.571. The number of hydrogen-bond acceptors (Lipinski definition) is 4. The number of hydrogen-bond donors (Lipinski definition) is 0. The summed E-state index contributed by atoms with van der Waals surface area (Å²) in [7, 11) is 0. The van der Waals surface area contributed by atoms with Crippen molar-refractivity contribution in [1.29, 1.82) is 0 Å². The van der Waals surface area contributed by atoms with Crippen LogP contribution in [0.5, 0.6) is 0 Å². The Morgan fingerprint density at radius 3 is 2.95 bits per heavy atom. The molecule has 0 radical (unpaired) electrons. The SMILES string of the molecule is CSCC1CCCN(C(=O)c2csc(C(C)=O)c2)C1. The van der Waals surface area contributed by atoms with Crippen LogP contribution in [-0.4, -0.2) is 41.7 Å². The number of carbonyl (C=O) groups is 2. The van der Waals surface area contributed by atoms with Crippen LogP contribution in [0.1, 0.15) is 39.8 Å². The molecule has 1 amide bonds. The summed E-state index contributed by atoms with van der Waals surface area (Å²) >= 11 is 3.21. The molecule has 1 unspecified atom stereocenters. The minimum absolute atomic E-state index is 0.0305. The Kier molecular flexibility index (Phi) is 5.05. The number of Topliss-reactive ketones (excluding diaryl/α,β-unsaturated/α-hetero) is 1. The maximum atomic E-state index is 12.4. The molecular formula is C14H19NO2S2. The van der Waals surface area contributed by atoms with E-state index in [1.807, 2.05) is 16.7 Å². The molecule has 0 aromatic carbocycles. The van der Waals surface area contributed by atoms with Crippen molar-refractivity contribution in [2.75, 3.05) is 25.1 Å². The second kappa shape index (κ2) is 6.57. The summed E-state index contributed by atoms with van der Waals surface area (Å²) in [6.07, 6.45) is 4.41. The lowest BCUT2D eigenvalue weighted by atomic mass is 9.99. The first-order valence-corrected chi connectivity index (χ1v) is 8.77. The highest BCUT2D eigenvalue weighted by atomic mass is 32.2. The second-order valence-corrected chi connectivity index (χ2v) is 6.79. The number of thiophene rings is 1. The fourth-order valence-corrected chi connectivity index (χ4v) is 3.96. The zero-order valence-electron chi connectivity index (χ0n) is 11.3. The smallest absolute Gasteiger partial charge is 0.254 e. The summed E-state index contributed by atoms with van der Waals surface area (Å²) in [4.78, 5) is 26.3. The number of amides is 1. The summed E-state index contributed by atoms with van der Waals surface area (Å²) in [5.74, 6) is 1.84. The van der Waals surface area contributed by atoms with Gasteiger partial charge < -0.3 is 4.90 Å². The van der Waals surface area contributed by atoms with E-state index in [0.717, 1.165) is 25.3 Å². The van der Waals surface area contributed by atoms with Gasteiger partial charge in [-0.05, 0) is 43.8 Å². The minimum atomic E-state index is 0.0305. The number of likely N-dealkylation sites (tertiary alicyclic amines) is 1. The van der Waals surface area contributed by atoms with Crippen LogP contribution in [0, 0.1) is 5.92 Å². The van der Waals surface area contributed by atoms with Crippen molar-refractivity contribution < 1.29 is 9.59 Å². The Morgan fingerprint density at radius 1 is 1.53 bits per heavy atom. The lowest BCUT2D eigenvalue weighted by Gasteiger charge is -2.32. The Labute approximate surface area is 122 Å². The minimum Gasteiger partial charge on any atom is -0.338 e. The molecule has 0 saturated carbocycles. The molecule has 1 aromatic rings. The van der Waals surface area contributed by atoms with Crippen molar-refractivity contribution in [3.63, 3.8) is 0 Å². The molecule has 1 saturated heterocycles. The van der Waals surface area contributed by atoms with E-state index >= 15 is 0 Å². The number of ketones is 1. The summed E-state index contributed by atoms with van der Waals surface area (Å²) in [6.45, 7) is 3.23.